The van der Waals surface area contributed by atoms with Crippen molar-refractivity contribution in [3.05, 3.63) is 149 Å². The lowest BCUT2D eigenvalue weighted by Crippen LogP contribution is -2.05. The molecule has 0 aliphatic carbocycles. The molecule has 186 valence electrons. The third-order valence-electron chi connectivity index (χ3n) is 6.05. The lowest BCUT2D eigenvalue weighted by Gasteiger charge is -2.13. The van der Waals surface area contributed by atoms with Crippen LogP contribution >= 0.6 is 0 Å². The minimum Gasteiger partial charge on any atom is -0.285 e. The van der Waals surface area contributed by atoms with Crippen LogP contribution in [0.25, 0.3) is 6.08 Å². The van der Waals surface area contributed by atoms with Crippen molar-refractivity contribution in [2.75, 3.05) is 0 Å². The summed E-state index contributed by atoms with van der Waals surface area (Å²) in [7, 11) is 0. The van der Waals surface area contributed by atoms with E-state index in [0.717, 1.165) is 40.7 Å². The van der Waals surface area contributed by atoms with Gasteiger partial charge in [0.2, 0.25) is 0 Å². The Kier molecular flexibility index (Phi) is 12.1. The first-order valence-corrected chi connectivity index (χ1v) is 12.8. The van der Waals surface area contributed by atoms with E-state index in [1.807, 2.05) is 19.2 Å². The van der Waals surface area contributed by atoms with E-state index >= 15 is 0 Å². The van der Waals surface area contributed by atoms with Gasteiger partial charge < -0.3 is 0 Å². The lowest BCUT2D eigenvalue weighted by atomic mass is 9.95. The number of fused-ring (bicyclic) bond motifs is 1. The Morgan fingerprint density at radius 3 is 2.56 bits per heavy atom. The van der Waals surface area contributed by atoms with Crippen LogP contribution in [0.2, 0.25) is 0 Å². The Morgan fingerprint density at radius 2 is 1.86 bits per heavy atom. The number of aliphatic imine (C=N–C) groups is 1. The van der Waals surface area contributed by atoms with Crippen LogP contribution in [0.3, 0.4) is 0 Å². The number of rotatable bonds is 7. The van der Waals surface area contributed by atoms with Gasteiger partial charge in [-0.2, -0.15) is 0 Å². The van der Waals surface area contributed by atoms with Gasteiger partial charge in [0.05, 0.1) is 6.04 Å². The zero-order chi connectivity index (χ0) is 26.3. The van der Waals surface area contributed by atoms with Crippen molar-refractivity contribution in [2.45, 2.75) is 53.5 Å². The average Bonchev–Trinajstić information content (AvgIpc) is 2.88. The molecule has 1 heteroatoms. The molecular weight excluding hydrogens is 434 g/mol. The van der Waals surface area contributed by atoms with Gasteiger partial charge in [0.15, 0.2) is 0 Å². The first-order chi connectivity index (χ1) is 17.4. The molecule has 0 spiro atoms. The molecule has 0 N–H and O–H groups in total. The summed E-state index contributed by atoms with van der Waals surface area (Å²) >= 11 is 0. The van der Waals surface area contributed by atoms with Crippen molar-refractivity contribution in [3.63, 3.8) is 0 Å². The van der Waals surface area contributed by atoms with Crippen LogP contribution in [0.4, 0.5) is 0 Å². The Bertz CT molecular complexity index is 1200. The summed E-state index contributed by atoms with van der Waals surface area (Å²) in [4.78, 5) is 4.88. The van der Waals surface area contributed by atoms with Crippen LogP contribution in [0.1, 0.15) is 58.6 Å². The average molecular weight is 476 g/mol. The molecular formula is C35H41N. The molecule has 2 rings (SSSR count). The third-order valence-corrected chi connectivity index (χ3v) is 6.05. The zero-order valence-corrected chi connectivity index (χ0v) is 22.7. The Hall–Kier alpha value is -3.71. The molecule has 0 radical (unpaired) electrons. The summed E-state index contributed by atoms with van der Waals surface area (Å²) in [6.45, 7) is 19.1. The first kappa shape index (κ1) is 28.5. The van der Waals surface area contributed by atoms with Crippen molar-refractivity contribution in [1.82, 2.24) is 0 Å². The molecule has 36 heavy (non-hydrogen) atoms. The van der Waals surface area contributed by atoms with E-state index in [1.54, 1.807) is 0 Å². The van der Waals surface area contributed by atoms with Crippen molar-refractivity contribution >= 4 is 12.3 Å². The molecule has 1 aromatic rings. The molecule has 0 saturated carbocycles. The van der Waals surface area contributed by atoms with Gasteiger partial charge in [-0.25, -0.2) is 0 Å². The smallest absolute Gasteiger partial charge is 0.0726 e. The van der Waals surface area contributed by atoms with Crippen molar-refractivity contribution in [3.8, 4) is 0 Å². The van der Waals surface area contributed by atoms with E-state index in [-0.39, 0.29) is 6.04 Å². The summed E-state index contributed by atoms with van der Waals surface area (Å²) in [5.74, 6) is 0. The number of hydrogen-bond acceptors (Lipinski definition) is 1. The number of allylic oxidation sites excluding steroid dienone is 15. The zero-order valence-electron chi connectivity index (χ0n) is 22.7. The van der Waals surface area contributed by atoms with Gasteiger partial charge in [0.25, 0.3) is 0 Å². The largest absolute Gasteiger partial charge is 0.285 e. The standard InChI is InChI=1S/C35H41N/c1-8-11-17-27(4)18-14-19-28(5)34-23-15-22-31(10-3)35(16-9-2)30(7)36-26-33-21-13-12-20-32(33)25-24-29(34)6/h9-22,24-26,30H,3,5,8,23H2,1-2,4,6-7H3/b16-9-,17-11+,19-14-,22-15-,25-24-,27-18+,34-29-,35-31-,36-26+. The quantitative estimate of drug-likeness (QED) is 0.348. The second-order valence-electron chi connectivity index (χ2n) is 8.90. The van der Waals surface area contributed by atoms with Gasteiger partial charge in [-0.15, -0.1) is 0 Å². The normalized spacial score (nSPS) is 24.6. The molecule has 0 fully saturated rings. The lowest BCUT2D eigenvalue weighted by molar-refractivity contribution is 0.885. The van der Waals surface area contributed by atoms with Crippen molar-refractivity contribution in [1.29, 1.82) is 0 Å². The van der Waals surface area contributed by atoms with Gasteiger partial charge in [0.1, 0.15) is 0 Å². The maximum Gasteiger partial charge on any atom is 0.0726 e. The molecule has 1 aliphatic heterocycles. The fourth-order valence-electron chi connectivity index (χ4n) is 3.93. The second kappa shape index (κ2) is 15.3. The minimum atomic E-state index is 0.00487. The highest BCUT2D eigenvalue weighted by Gasteiger charge is 2.09. The van der Waals surface area contributed by atoms with Crippen LogP contribution in [-0.2, 0) is 0 Å². The highest BCUT2D eigenvalue weighted by Crippen LogP contribution is 2.24. The van der Waals surface area contributed by atoms with Gasteiger partial charge in [-0.3, -0.25) is 4.99 Å². The minimum absolute atomic E-state index is 0.00487. The van der Waals surface area contributed by atoms with Gasteiger partial charge in [-0.1, -0.05) is 123 Å². The molecule has 0 aromatic heterocycles. The molecule has 1 unspecified atom stereocenters. The van der Waals surface area contributed by atoms with Crippen molar-refractivity contribution < 1.29 is 0 Å². The summed E-state index contributed by atoms with van der Waals surface area (Å²) in [6.07, 6.45) is 29.3. The fraction of sp³-hybridized carbons (Fsp3) is 0.229. The molecule has 0 amide bonds. The monoisotopic (exact) mass is 475 g/mol. The second-order valence-corrected chi connectivity index (χ2v) is 8.90. The number of hydrogen-bond donors (Lipinski definition) is 0. The Labute approximate surface area is 219 Å². The SMILES string of the molecule is C=CC1=C(\C=C/C)C(C)/N=C/c2ccccc2/C=C\C(C)=C(/C(=C)\C=C/C=C(C)/C=C/CC)C/C=C\1. The van der Waals surface area contributed by atoms with Gasteiger partial charge in [0, 0.05) is 6.21 Å². The first-order valence-electron chi connectivity index (χ1n) is 12.8. The number of nitrogens with zero attached hydrogens (tertiary/aromatic N) is 1. The Morgan fingerprint density at radius 1 is 1.11 bits per heavy atom. The molecule has 1 aliphatic rings. The third kappa shape index (κ3) is 8.82. The molecule has 0 bridgehead atoms. The molecule has 1 atom stereocenters. The maximum absolute atomic E-state index is 4.88. The predicted molar refractivity (Wildman–Crippen MR) is 162 cm³/mol. The summed E-state index contributed by atoms with van der Waals surface area (Å²) in [6, 6.07) is 8.37. The maximum atomic E-state index is 4.88. The van der Waals surface area contributed by atoms with Gasteiger partial charge in [-0.05, 0) is 79.5 Å². The van der Waals surface area contributed by atoms with Crippen LogP contribution in [0.5, 0.6) is 0 Å². The summed E-state index contributed by atoms with van der Waals surface area (Å²) in [5, 5.41) is 0. The van der Waals surface area contributed by atoms with Crippen LogP contribution < -0.4 is 0 Å². The van der Waals surface area contributed by atoms with E-state index in [2.05, 4.69) is 132 Å². The fourth-order valence-corrected chi connectivity index (χ4v) is 3.93. The topological polar surface area (TPSA) is 12.4 Å². The van der Waals surface area contributed by atoms with E-state index in [4.69, 9.17) is 4.99 Å². The molecule has 1 nitrogen and oxygen atoms in total. The predicted octanol–water partition coefficient (Wildman–Crippen LogP) is 9.87. The molecule has 1 heterocycles. The van der Waals surface area contributed by atoms with Crippen LogP contribution in [-0.4, -0.2) is 12.3 Å². The van der Waals surface area contributed by atoms with E-state index in [0.29, 0.717) is 0 Å². The highest BCUT2D eigenvalue weighted by molar-refractivity contribution is 5.86. The van der Waals surface area contributed by atoms with E-state index in [9.17, 15) is 0 Å². The molecule has 1 aromatic carbocycles. The van der Waals surface area contributed by atoms with Crippen LogP contribution in [0, 0.1) is 0 Å². The van der Waals surface area contributed by atoms with E-state index < -0.39 is 0 Å². The summed E-state index contributed by atoms with van der Waals surface area (Å²) in [5.41, 5.74) is 9.10. The van der Waals surface area contributed by atoms with Gasteiger partial charge >= 0.3 is 0 Å². The number of benzene rings is 1. The highest BCUT2D eigenvalue weighted by atomic mass is 14.8. The summed E-state index contributed by atoms with van der Waals surface area (Å²) < 4.78 is 0. The Balaban J connectivity index is 2.59. The van der Waals surface area contributed by atoms with E-state index in [1.165, 1.54) is 16.7 Å². The molecule has 0 saturated heterocycles. The van der Waals surface area contributed by atoms with Crippen LogP contribution in [0.15, 0.2) is 143 Å². The van der Waals surface area contributed by atoms with Crippen molar-refractivity contribution in [2.24, 2.45) is 4.99 Å².